The monoisotopic (exact) mass is 301 g/mol. The molecule has 2 rings (SSSR count). The molecule has 1 aromatic carbocycles. The van der Waals surface area contributed by atoms with E-state index < -0.39 is 18.0 Å². The minimum Gasteiger partial charge on any atom is -0.493 e. The number of amides is 1. The van der Waals surface area contributed by atoms with Gasteiger partial charge in [-0.2, -0.15) is 13.2 Å². The summed E-state index contributed by atoms with van der Waals surface area (Å²) in [5, 5.41) is 0. The molecule has 0 unspecified atom stereocenters. The van der Waals surface area contributed by atoms with Crippen molar-refractivity contribution in [2.75, 3.05) is 6.61 Å². The average Bonchev–Trinajstić information content (AvgIpc) is 2.45. The molecule has 1 saturated carbocycles. The summed E-state index contributed by atoms with van der Waals surface area (Å²) in [5.41, 5.74) is 5.53. The molecule has 1 amide bonds. The Kier molecular flexibility index (Phi) is 4.75. The Labute approximate surface area is 121 Å². The predicted molar refractivity (Wildman–Crippen MR) is 72.0 cm³/mol. The van der Waals surface area contributed by atoms with E-state index in [1.54, 1.807) is 24.3 Å². The Morgan fingerprint density at radius 3 is 2.19 bits per heavy atom. The fraction of sp³-hybridized carbons (Fsp3) is 0.533. The number of nitrogens with two attached hydrogens (primary N) is 1. The Morgan fingerprint density at radius 2 is 1.71 bits per heavy atom. The van der Waals surface area contributed by atoms with E-state index >= 15 is 0 Å². The van der Waals surface area contributed by atoms with Crippen molar-refractivity contribution in [3.8, 4) is 5.75 Å². The molecule has 0 spiro atoms. The molecule has 116 valence electrons. The van der Waals surface area contributed by atoms with Crippen LogP contribution in [0.15, 0.2) is 24.3 Å². The number of hydrogen-bond acceptors (Lipinski definition) is 2. The second-order valence-corrected chi connectivity index (χ2v) is 5.46. The topological polar surface area (TPSA) is 52.3 Å². The van der Waals surface area contributed by atoms with Gasteiger partial charge in [0.1, 0.15) is 5.75 Å². The van der Waals surface area contributed by atoms with Crippen LogP contribution in [0.4, 0.5) is 13.2 Å². The fourth-order valence-electron chi connectivity index (χ4n) is 2.59. The summed E-state index contributed by atoms with van der Waals surface area (Å²) in [4.78, 5) is 10.9. The van der Waals surface area contributed by atoms with E-state index in [0.717, 1.165) is 0 Å². The quantitative estimate of drug-likeness (QED) is 0.925. The standard InChI is InChI=1S/C15H18F3NO2/c16-15(17,18)12-5-1-10(2-6-12)9-21-13-7-3-11(4-8-13)14(19)20/h3-4,7-8,10,12H,1-2,5-6,9H2,(H2,19,20). The molecule has 0 aromatic heterocycles. The van der Waals surface area contributed by atoms with Crippen LogP contribution >= 0.6 is 0 Å². The lowest BCUT2D eigenvalue weighted by Gasteiger charge is -2.29. The molecule has 1 aliphatic rings. The second kappa shape index (κ2) is 6.37. The maximum Gasteiger partial charge on any atom is 0.391 e. The van der Waals surface area contributed by atoms with Crippen LogP contribution in [0.2, 0.25) is 0 Å². The van der Waals surface area contributed by atoms with Crippen molar-refractivity contribution in [2.24, 2.45) is 17.6 Å². The Morgan fingerprint density at radius 1 is 1.14 bits per heavy atom. The summed E-state index contributed by atoms with van der Waals surface area (Å²) in [6.07, 6.45) is -2.65. The minimum absolute atomic E-state index is 0.152. The van der Waals surface area contributed by atoms with Gasteiger partial charge in [-0.05, 0) is 55.9 Å². The van der Waals surface area contributed by atoms with Crippen molar-refractivity contribution >= 4 is 5.91 Å². The largest absolute Gasteiger partial charge is 0.493 e. The highest BCUT2D eigenvalue weighted by Crippen LogP contribution is 2.39. The number of alkyl halides is 3. The van der Waals surface area contributed by atoms with Gasteiger partial charge in [-0.3, -0.25) is 4.79 Å². The number of carbonyl (C=O) groups excluding carboxylic acids is 1. The molecule has 3 nitrogen and oxygen atoms in total. The summed E-state index contributed by atoms with van der Waals surface area (Å²) in [7, 11) is 0. The predicted octanol–water partition coefficient (Wildman–Crippen LogP) is 3.53. The number of ether oxygens (including phenoxy) is 1. The van der Waals surface area contributed by atoms with Gasteiger partial charge in [0.2, 0.25) is 5.91 Å². The average molecular weight is 301 g/mol. The summed E-state index contributed by atoms with van der Waals surface area (Å²) in [6, 6.07) is 6.42. The van der Waals surface area contributed by atoms with Gasteiger partial charge in [0.05, 0.1) is 12.5 Å². The Hall–Kier alpha value is -1.72. The zero-order valence-corrected chi connectivity index (χ0v) is 11.5. The summed E-state index contributed by atoms with van der Waals surface area (Å²) in [6.45, 7) is 0.403. The van der Waals surface area contributed by atoms with Crippen LogP contribution in [0.25, 0.3) is 0 Å². The van der Waals surface area contributed by atoms with Crippen LogP contribution in [0, 0.1) is 11.8 Å². The third-order valence-electron chi connectivity index (χ3n) is 3.93. The number of halogens is 3. The number of primary amides is 1. The number of carbonyl (C=O) groups is 1. The van der Waals surface area contributed by atoms with E-state index in [4.69, 9.17) is 10.5 Å². The molecule has 0 bridgehead atoms. The van der Waals surface area contributed by atoms with Crippen molar-refractivity contribution in [2.45, 2.75) is 31.9 Å². The fourth-order valence-corrected chi connectivity index (χ4v) is 2.59. The maximum atomic E-state index is 12.6. The highest BCUT2D eigenvalue weighted by molar-refractivity contribution is 5.92. The SMILES string of the molecule is NC(=O)c1ccc(OCC2CCC(C(F)(F)F)CC2)cc1. The number of benzene rings is 1. The van der Waals surface area contributed by atoms with Gasteiger partial charge in [-0.15, -0.1) is 0 Å². The van der Waals surface area contributed by atoms with Crippen LogP contribution in [0.5, 0.6) is 5.75 Å². The van der Waals surface area contributed by atoms with Crippen molar-refractivity contribution in [1.82, 2.24) is 0 Å². The van der Waals surface area contributed by atoms with E-state index in [1.807, 2.05) is 0 Å². The smallest absolute Gasteiger partial charge is 0.391 e. The second-order valence-electron chi connectivity index (χ2n) is 5.46. The lowest BCUT2D eigenvalue weighted by atomic mass is 9.82. The molecule has 21 heavy (non-hydrogen) atoms. The van der Waals surface area contributed by atoms with Crippen LogP contribution < -0.4 is 10.5 Å². The first-order chi connectivity index (χ1) is 9.86. The van der Waals surface area contributed by atoms with Gasteiger partial charge >= 0.3 is 6.18 Å². The summed E-state index contributed by atoms with van der Waals surface area (Å²) in [5.74, 6) is -0.923. The highest BCUT2D eigenvalue weighted by atomic mass is 19.4. The zero-order chi connectivity index (χ0) is 15.5. The molecule has 0 saturated heterocycles. The van der Waals surface area contributed by atoms with Gasteiger partial charge in [0.25, 0.3) is 0 Å². The molecular weight excluding hydrogens is 283 g/mol. The molecule has 0 radical (unpaired) electrons. The first-order valence-corrected chi connectivity index (χ1v) is 6.95. The number of rotatable bonds is 4. The Bertz CT molecular complexity index is 477. The molecule has 0 aliphatic heterocycles. The van der Waals surface area contributed by atoms with Crippen LogP contribution in [0.3, 0.4) is 0 Å². The van der Waals surface area contributed by atoms with E-state index in [0.29, 0.717) is 30.8 Å². The molecule has 1 fully saturated rings. The lowest BCUT2D eigenvalue weighted by molar-refractivity contribution is -0.184. The van der Waals surface area contributed by atoms with E-state index in [1.165, 1.54) is 0 Å². The van der Waals surface area contributed by atoms with Crippen molar-refractivity contribution in [1.29, 1.82) is 0 Å². The van der Waals surface area contributed by atoms with Gasteiger partial charge in [0, 0.05) is 5.56 Å². The number of hydrogen-bond donors (Lipinski definition) is 1. The molecule has 1 aliphatic carbocycles. The van der Waals surface area contributed by atoms with Crippen molar-refractivity contribution < 1.29 is 22.7 Å². The summed E-state index contributed by atoms with van der Waals surface area (Å²) < 4.78 is 43.2. The minimum atomic E-state index is -4.07. The van der Waals surface area contributed by atoms with E-state index in [-0.39, 0.29) is 18.8 Å². The van der Waals surface area contributed by atoms with Crippen LogP contribution in [-0.4, -0.2) is 18.7 Å². The van der Waals surface area contributed by atoms with Crippen LogP contribution in [-0.2, 0) is 0 Å². The lowest BCUT2D eigenvalue weighted by Crippen LogP contribution is -2.29. The maximum absolute atomic E-state index is 12.6. The molecule has 2 N–H and O–H groups in total. The molecule has 1 aromatic rings. The van der Waals surface area contributed by atoms with Gasteiger partial charge in [-0.1, -0.05) is 0 Å². The van der Waals surface area contributed by atoms with Gasteiger partial charge < -0.3 is 10.5 Å². The third kappa shape index (κ3) is 4.37. The highest BCUT2D eigenvalue weighted by Gasteiger charge is 2.41. The first-order valence-electron chi connectivity index (χ1n) is 6.95. The zero-order valence-electron chi connectivity index (χ0n) is 11.5. The van der Waals surface area contributed by atoms with Gasteiger partial charge in [-0.25, -0.2) is 0 Å². The molecule has 0 atom stereocenters. The molecule has 0 heterocycles. The first kappa shape index (κ1) is 15.7. The molecular formula is C15H18F3NO2. The molecule has 6 heteroatoms. The van der Waals surface area contributed by atoms with Gasteiger partial charge in [0.15, 0.2) is 0 Å². The van der Waals surface area contributed by atoms with E-state index in [9.17, 15) is 18.0 Å². The summed E-state index contributed by atoms with van der Waals surface area (Å²) >= 11 is 0. The normalized spacial score (nSPS) is 22.8. The Balaban J connectivity index is 1.78. The third-order valence-corrected chi connectivity index (χ3v) is 3.93. The van der Waals surface area contributed by atoms with Crippen molar-refractivity contribution in [3.63, 3.8) is 0 Å². The van der Waals surface area contributed by atoms with E-state index in [2.05, 4.69) is 0 Å². The van der Waals surface area contributed by atoms with Crippen LogP contribution in [0.1, 0.15) is 36.0 Å². The van der Waals surface area contributed by atoms with Crippen molar-refractivity contribution in [3.05, 3.63) is 29.8 Å².